The van der Waals surface area contributed by atoms with E-state index in [0.717, 1.165) is 32.6 Å². The van der Waals surface area contributed by atoms with Gasteiger partial charge < -0.3 is 4.90 Å². The molecule has 0 saturated carbocycles. The second-order valence-corrected chi connectivity index (χ2v) is 5.89. The van der Waals surface area contributed by atoms with E-state index in [2.05, 4.69) is 29.8 Å². The van der Waals surface area contributed by atoms with Gasteiger partial charge in [-0.25, -0.2) is 0 Å². The number of rotatable bonds is 9. The van der Waals surface area contributed by atoms with Crippen molar-refractivity contribution < 1.29 is 0 Å². The van der Waals surface area contributed by atoms with Gasteiger partial charge in [0.1, 0.15) is 0 Å². The largest absolute Gasteiger partial charge is 0.304 e. The number of nitriles is 1. The van der Waals surface area contributed by atoms with Crippen LogP contribution in [0, 0.1) is 11.3 Å². The van der Waals surface area contributed by atoms with E-state index in [9.17, 15) is 5.26 Å². The Morgan fingerprint density at radius 1 is 0.947 bits per heavy atom. The van der Waals surface area contributed by atoms with Gasteiger partial charge in [-0.05, 0) is 13.5 Å². The molecule has 3 heteroatoms. The topological polar surface area (TPSA) is 30.3 Å². The number of nitrogens with zero attached hydrogens (tertiary/aromatic N) is 3. The molecular weight excluding hydrogens is 234 g/mol. The minimum atomic E-state index is 0.157. The number of piperazine rings is 1. The Balaban J connectivity index is 2.07. The van der Waals surface area contributed by atoms with Crippen LogP contribution in [0.4, 0.5) is 0 Å². The van der Waals surface area contributed by atoms with E-state index in [4.69, 9.17) is 0 Å². The highest BCUT2D eigenvalue weighted by molar-refractivity contribution is 4.93. The fourth-order valence-corrected chi connectivity index (χ4v) is 2.76. The Hall–Kier alpha value is -0.590. The summed E-state index contributed by atoms with van der Waals surface area (Å²) in [7, 11) is 2.16. The van der Waals surface area contributed by atoms with Gasteiger partial charge in [-0.2, -0.15) is 5.26 Å². The third kappa shape index (κ3) is 6.94. The first-order valence-corrected chi connectivity index (χ1v) is 8.10. The lowest BCUT2D eigenvalue weighted by atomic mass is 10.0. The zero-order valence-corrected chi connectivity index (χ0v) is 12.9. The number of unbranched alkanes of at least 4 members (excludes halogenated alkanes) is 6. The standard InChI is InChI=1S/C16H31N3/c1-3-4-5-6-7-8-9-10-16(15-17)19-13-11-18(2)12-14-19/h16H,3-14H2,1-2H3. The summed E-state index contributed by atoms with van der Waals surface area (Å²) in [6.07, 6.45) is 10.4. The second kappa shape index (κ2) is 10.2. The van der Waals surface area contributed by atoms with Crippen molar-refractivity contribution in [3.05, 3.63) is 0 Å². The van der Waals surface area contributed by atoms with Crippen LogP contribution in [-0.4, -0.2) is 49.1 Å². The van der Waals surface area contributed by atoms with E-state index in [1.807, 2.05) is 0 Å². The van der Waals surface area contributed by atoms with Gasteiger partial charge in [-0.3, -0.25) is 4.90 Å². The van der Waals surface area contributed by atoms with Crippen molar-refractivity contribution in [2.45, 2.75) is 64.3 Å². The van der Waals surface area contributed by atoms with Gasteiger partial charge in [0.25, 0.3) is 0 Å². The van der Waals surface area contributed by atoms with Crippen LogP contribution in [0.2, 0.25) is 0 Å². The number of hydrogen-bond acceptors (Lipinski definition) is 3. The quantitative estimate of drug-likeness (QED) is 0.599. The predicted octanol–water partition coefficient (Wildman–Crippen LogP) is 3.27. The van der Waals surface area contributed by atoms with Gasteiger partial charge in [0, 0.05) is 26.2 Å². The highest BCUT2D eigenvalue weighted by Crippen LogP contribution is 2.14. The van der Waals surface area contributed by atoms with E-state index in [1.165, 1.54) is 44.9 Å². The Morgan fingerprint density at radius 3 is 2.11 bits per heavy atom. The SMILES string of the molecule is CCCCCCCCCC(C#N)N1CCN(C)CC1. The minimum absolute atomic E-state index is 0.157. The van der Waals surface area contributed by atoms with Crippen LogP contribution >= 0.6 is 0 Å². The van der Waals surface area contributed by atoms with Crippen LogP contribution in [0.25, 0.3) is 0 Å². The maximum Gasteiger partial charge on any atom is 0.0978 e. The highest BCUT2D eigenvalue weighted by atomic mass is 15.3. The summed E-state index contributed by atoms with van der Waals surface area (Å²) in [6.45, 7) is 6.59. The average Bonchev–Trinajstić information content (AvgIpc) is 2.43. The van der Waals surface area contributed by atoms with Crippen LogP contribution in [0.1, 0.15) is 58.3 Å². The van der Waals surface area contributed by atoms with Crippen molar-refractivity contribution >= 4 is 0 Å². The summed E-state index contributed by atoms with van der Waals surface area (Å²) >= 11 is 0. The molecule has 3 nitrogen and oxygen atoms in total. The van der Waals surface area contributed by atoms with Gasteiger partial charge in [-0.15, -0.1) is 0 Å². The third-order valence-electron chi connectivity index (χ3n) is 4.21. The molecule has 19 heavy (non-hydrogen) atoms. The smallest absolute Gasteiger partial charge is 0.0978 e. The fourth-order valence-electron chi connectivity index (χ4n) is 2.76. The average molecular weight is 265 g/mol. The maximum absolute atomic E-state index is 9.31. The molecule has 0 amide bonds. The first kappa shape index (κ1) is 16.5. The van der Waals surface area contributed by atoms with Crippen molar-refractivity contribution in [3.63, 3.8) is 0 Å². The van der Waals surface area contributed by atoms with Crippen LogP contribution in [0.15, 0.2) is 0 Å². The number of hydrogen-bond donors (Lipinski definition) is 0. The molecule has 0 N–H and O–H groups in total. The summed E-state index contributed by atoms with van der Waals surface area (Å²) < 4.78 is 0. The maximum atomic E-state index is 9.31. The summed E-state index contributed by atoms with van der Waals surface area (Å²) in [6, 6.07) is 2.66. The molecule has 0 radical (unpaired) electrons. The first-order valence-electron chi connectivity index (χ1n) is 8.10. The monoisotopic (exact) mass is 265 g/mol. The third-order valence-corrected chi connectivity index (χ3v) is 4.21. The molecule has 0 aromatic rings. The lowest BCUT2D eigenvalue weighted by Crippen LogP contribution is -2.48. The van der Waals surface area contributed by atoms with Gasteiger partial charge in [0.15, 0.2) is 0 Å². The molecule has 1 aliphatic rings. The molecule has 0 spiro atoms. The fraction of sp³-hybridized carbons (Fsp3) is 0.938. The zero-order chi connectivity index (χ0) is 13.9. The Bertz CT molecular complexity index is 251. The highest BCUT2D eigenvalue weighted by Gasteiger charge is 2.21. The molecule has 0 aliphatic carbocycles. The summed E-state index contributed by atoms with van der Waals surface area (Å²) in [5.41, 5.74) is 0. The number of likely N-dealkylation sites (N-methyl/N-ethyl adjacent to an activating group) is 1. The van der Waals surface area contributed by atoms with Crippen molar-refractivity contribution in [3.8, 4) is 6.07 Å². The molecule has 110 valence electrons. The van der Waals surface area contributed by atoms with Crippen molar-refractivity contribution in [1.82, 2.24) is 9.80 Å². The van der Waals surface area contributed by atoms with E-state index in [0.29, 0.717) is 0 Å². The van der Waals surface area contributed by atoms with Crippen LogP contribution in [0.5, 0.6) is 0 Å². The Kier molecular flexibility index (Phi) is 8.86. The molecule has 1 aliphatic heterocycles. The summed E-state index contributed by atoms with van der Waals surface area (Å²) in [5, 5.41) is 9.31. The Morgan fingerprint density at radius 2 is 1.53 bits per heavy atom. The molecular formula is C16H31N3. The van der Waals surface area contributed by atoms with E-state index in [-0.39, 0.29) is 6.04 Å². The molecule has 1 heterocycles. The van der Waals surface area contributed by atoms with Gasteiger partial charge >= 0.3 is 0 Å². The van der Waals surface area contributed by atoms with Crippen LogP contribution in [-0.2, 0) is 0 Å². The normalized spacial score (nSPS) is 19.2. The lowest BCUT2D eigenvalue weighted by Gasteiger charge is -2.35. The summed E-state index contributed by atoms with van der Waals surface area (Å²) in [5.74, 6) is 0. The van der Waals surface area contributed by atoms with Gasteiger partial charge in [-0.1, -0.05) is 51.9 Å². The first-order chi connectivity index (χ1) is 9.27. The van der Waals surface area contributed by atoms with E-state index >= 15 is 0 Å². The van der Waals surface area contributed by atoms with E-state index < -0.39 is 0 Å². The van der Waals surface area contributed by atoms with Gasteiger partial charge in [0.05, 0.1) is 12.1 Å². The Labute approximate surface area is 119 Å². The molecule has 0 bridgehead atoms. The van der Waals surface area contributed by atoms with Gasteiger partial charge in [0.2, 0.25) is 0 Å². The minimum Gasteiger partial charge on any atom is -0.304 e. The molecule has 1 rings (SSSR count). The van der Waals surface area contributed by atoms with Crippen molar-refractivity contribution in [1.29, 1.82) is 5.26 Å². The molecule has 1 atom stereocenters. The predicted molar refractivity (Wildman–Crippen MR) is 81.1 cm³/mol. The van der Waals surface area contributed by atoms with Crippen molar-refractivity contribution in [2.75, 3.05) is 33.2 Å². The van der Waals surface area contributed by atoms with Crippen LogP contribution in [0.3, 0.4) is 0 Å². The molecule has 1 saturated heterocycles. The molecule has 0 aromatic heterocycles. The molecule has 1 fully saturated rings. The lowest BCUT2D eigenvalue weighted by molar-refractivity contribution is 0.127. The second-order valence-electron chi connectivity index (χ2n) is 5.89. The van der Waals surface area contributed by atoms with E-state index in [1.54, 1.807) is 0 Å². The molecule has 0 aromatic carbocycles. The molecule has 1 unspecified atom stereocenters. The summed E-state index contributed by atoms with van der Waals surface area (Å²) in [4.78, 5) is 4.72. The zero-order valence-electron chi connectivity index (χ0n) is 12.9. The van der Waals surface area contributed by atoms with Crippen molar-refractivity contribution in [2.24, 2.45) is 0 Å². The van der Waals surface area contributed by atoms with Crippen LogP contribution < -0.4 is 0 Å².